The molecule has 3 N–H and O–H groups in total. The molecule has 0 amide bonds. The highest BCUT2D eigenvalue weighted by Crippen LogP contribution is 2.23. The second-order valence-electron chi connectivity index (χ2n) is 9.32. The predicted molar refractivity (Wildman–Crippen MR) is 136 cm³/mol. The molecule has 1 aliphatic rings. The van der Waals surface area contributed by atoms with Gasteiger partial charge in [0.2, 0.25) is 0 Å². The molecule has 0 bridgehead atoms. The van der Waals surface area contributed by atoms with Crippen molar-refractivity contribution < 1.29 is 0 Å². The van der Waals surface area contributed by atoms with E-state index in [4.69, 9.17) is 11.1 Å². The van der Waals surface area contributed by atoms with Crippen LogP contribution in [0.25, 0.3) is 22.2 Å². The van der Waals surface area contributed by atoms with Crippen LogP contribution in [0.15, 0.2) is 53.3 Å². The quantitative estimate of drug-likeness (QED) is 0.297. The number of nitrogens with zero attached hydrogens (tertiary/aromatic N) is 3. The second kappa shape index (κ2) is 10.3. The molecular weight excluding hydrogens is 410 g/mol. The Labute approximate surface area is 196 Å². The summed E-state index contributed by atoms with van der Waals surface area (Å²) >= 11 is 0. The molecule has 33 heavy (non-hydrogen) atoms. The van der Waals surface area contributed by atoms with Gasteiger partial charge < -0.3 is 10.3 Å². The van der Waals surface area contributed by atoms with Crippen molar-refractivity contribution in [1.82, 2.24) is 14.5 Å². The molecule has 0 saturated carbocycles. The summed E-state index contributed by atoms with van der Waals surface area (Å²) in [6, 6.07) is 16.6. The highest BCUT2D eigenvalue weighted by atomic mass is 16.1. The lowest BCUT2D eigenvalue weighted by atomic mass is 9.97. The Balaban J connectivity index is 1.52. The van der Waals surface area contributed by atoms with Gasteiger partial charge in [-0.05, 0) is 75.7 Å². The van der Waals surface area contributed by atoms with Crippen LogP contribution in [-0.4, -0.2) is 38.9 Å². The van der Waals surface area contributed by atoms with Gasteiger partial charge in [-0.15, -0.1) is 0 Å². The highest BCUT2D eigenvalue weighted by Gasteiger charge is 2.23. The number of unbranched alkanes of at least 4 members (excludes halogenated alkanes) is 2. The van der Waals surface area contributed by atoms with E-state index in [1.165, 1.54) is 19.3 Å². The van der Waals surface area contributed by atoms with Gasteiger partial charge in [0, 0.05) is 18.6 Å². The summed E-state index contributed by atoms with van der Waals surface area (Å²) in [4.78, 5) is 20.6. The van der Waals surface area contributed by atoms with Gasteiger partial charge in [0.15, 0.2) is 0 Å². The van der Waals surface area contributed by atoms with Crippen molar-refractivity contribution in [1.29, 1.82) is 5.41 Å². The molecule has 3 heterocycles. The van der Waals surface area contributed by atoms with Gasteiger partial charge in [-0.3, -0.25) is 15.1 Å². The van der Waals surface area contributed by atoms with Crippen molar-refractivity contribution in [2.75, 3.05) is 6.54 Å². The van der Waals surface area contributed by atoms with Crippen molar-refractivity contribution in [2.45, 2.75) is 71.0 Å². The van der Waals surface area contributed by atoms with Crippen LogP contribution in [0.4, 0.5) is 0 Å². The van der Waals surface area contributed by atoms with E-state index < -0.39 is 0 Å². The van der Waals surface area contributed by atoms with E-state index in [1.807, 2.05) is 41.0 Å². The number of nitrogens with two attached hydrogens (primary N) is 1. The number of benzene rings is 1. The fraction of sp³-hybridized carbons (Fsp3) is 0.444. The number of piperidine rings is 1. The van der Waals surface area contributed by atoms with Crippen molar-refractivity contribution >= 4 is 16.7 Å². The molecule has 1 fully saturated rings. The molecule has 0 radical (unpaired) electrons. The fourth-order valence-corrected chi connectivity index (χ4v) is 5.12. The Morgan fingerprint density at radius 3 is 2.52 bits per heavy atom. The van der Waals surface area contributed by atoms with Crippen molar-refractivity contribution in [2.24, 2.45) is 5.73 Å². The van der Waals surface area contributed by atoms with Gasteiger partial charge in [0.05, 0.1) is 16.8 Å². The fourth-order valence-electron chi connectivity index (χ4n) is 5.12. The zero-order chi connectivity index (χ0) is 23.4. The smallest absolute Gasteiger partial charge is 0.260 e. The molecule has 6 heteroatoms. The lowest BCUT2D eigenvalue weighted by Gasteiger charge is -2.39. The first-order valence-corrected chi connectivity index (χ1v) is 12.2. The number of hydrogen-bond acceptors (Lipinski definition) is 4. The number of rotatable bonds is 8. The van der Waals surface area contributed by atoms with Crippen LogP contribution < -0.4 is 11.3 Å². The summed E-state index contributed by atoms with van der Waals surface area (Å²) in [7, 11) is 0. The summed E-state index contributed by atoms with van der Waals surface area (Å²) in [6.45, 7) is 6.52. The molecule has 174 valence electrons. The van der Waals surface area contributed by atoms with Crippen LogP contribution in [0, 0.1) is 5.41 Å². The first-order chi connectivity index (χ1) is 16.0. The molecule has 3 aromatic rings. The molecule has 0 aliphatic carbocycles. The first kappa shape index (κ1) is 23.2. The van der Waals surface area contributed by atoms with Gasteiger partial charge in [-0.1, -0.05) is 37.1 Å². The molecule has 1 aromatic carbocycles. The summed E-state index contributed by atoms with van der Waals surface area (Å²) in [6.07, 6.45) is 7.16. The number of nitrogen functional groups attached to an aromatic ring is 1. The molecule has 4 rings (SSSR count). The van der Waals surface area contributed by atoms with Crippen molar-refractivity contribution in [3.63, 3.8) is 0 Å². The average Bonchev–Trinajstić information content (AvgIpc) is 2.81. The first-order valence-electron chi connectivity index (χ1n) is 12.2. The number of para-hydroxylation sites is 1. The zero-order valence-electron chi connectivity index (χ0n) is 19.8. The van der Waals surface area contributed by atoms with Crippen LogP contribution in [0.1, 0.15) is 58.1 Å². The third-order valence-electron chi connectivity index (χ3n) is 6.98. The molecule has 1 aliphatic heterocycles. The molecule has 2 atom stereocenters. The van der Waals surface area contributed by atoms with Crippen LogP contribution in [-0.2, 0) is 6.54 Å². The van der Waals surface area contributed by atoms with E-state index in [2.05, 4.69) is 23.7 Å². The molecule has 1 saturated heterocycles. The molecule has 2 unspecified atom stereocenters. The third-order valence-corrected chi connectivity index (χ3v) is 6.98. The maximum absolute atomic E-state index is 13.5. The lowest BCUT2D eigenvalue weighted by Crippen LogP contribution is -2.44. The number of likely N-dealkylation sites (tertiary alicyclic amines) is 1. The Bertz CT molecular complexity index is 1170. The van der Waals surface area contributed by atoms with E-state index >= 15 is 0 Å². The van der Waals surface area contributed by atoms with Crippen LogP contribution in [0.2, 0.25) is 0 Å². The summed E-state index contributed by atoms with van der Waals surface area (Å²) in [5.41, 5.74) is 8.01. The van der Waals surface area contributed by atoms with Gasteiger partial charge >= 0.3 is 0 Å². The Morgan fingerprint density at radius 2 is 1.76 bits per heavy atom. The van der Waals surface area contributed by atoms with E-state index in [0.29, 0.717) is 35.6 Å². The van der Waals surface area contributed by atoms with Gasteiger partial charge in [-0.2, -0.15) is 0 Å². The maximum atomic E-state index is 13.5. The summed E-state index contributed by atoms with van der Waals surface area (Å²) in [5.74, 6) is -0.102. The van der Waals surface area contributed by atoms with Crippen LogP contribution in [0.3, 0.4) is 0 Å². The lowest BCUT2D eigenvalue weighted by molar-refractivity contribution is 0.101. The number of fused-ring (bicyclic) bond motifs is 1. The minimum absolute atomic E-state index is 0.0415. The number of amidine groups is 1. The minimum atomic E-state index is -0.102. The van der Waals surface area contributed by atoms with Crippen LogP contribution in [0.5, 0.6) is 0 Å². The Morgan fingerprint density at radius 1 is 1.03 bits per heavy atom. The van der Waals surface area contributed by atoms with E-state index in [9.17, 15) is 4.79 Å². The molecule has 6 nitrogen and oxygen atoms in total. The summed E-state index contributed by atoms with van der Waals surface area (Å²) < 4.78 is 1.89. The number of pyridine rings is 2. The van der Waals surface area contributed by atoms with Gasteiger partial charge in [0.25, 0.3) is 5.56 Å². The normalized spacial score (nSPS) is 19.1. The Kier molecular flexibility index (Phi) is 7.23. The topological polar surface area (TPSA) is 88.0 Å². The van der Waals surface area contributed by atoms with Crippen molar-refractivity contribution in [3.05, 3.63) is 64.6 Å². The summed E-state index contributed by atoms with van der Waals surface area (Å²) in [5, 5.41) is 8.69. The number of aromatic nitrogens is 2. The molecule has 0 spiro atoms. The van der Waals surface area contributed by atoms with E-state index in [-0.39, 0.29) is 11.4 Å². The largest absolute Gasteiger partial charge is 0.382 e. The maximum Gasteiger partial charge on any atom is 0.260 e. The number of hydrogen-bond donors (Lipinski definition) is 2. The monoisotopic (exact) mass is 445 g/mol. The average molecular weight is 446 g/mol. The molecular formula is C27H35N5O. The minimum Gasteiger partial charge on any atom is -0.382 e. The second-order valence-corrected chi connectivity index (χ2v) is 9.32. The van der Waals surface area contributed by atoms with E-state index in [0.717, 1.165) is 36.7 Å². The Hall–Kier alpha value is -2.99. The highest BCUT2D eigenvalue weighted by molar-refractivity contribution is 5.93. The molecule has 2 aromatic heterocycles. The van der Waals surface area contributed by atoms with Crippen molar-refractivity contribution in [3.8, 4) is 11.3 Å². The number of nitrogens with one attached hydrogen (secondary N) is 1. The number of aryl methyl sites for hydroxylation is 1. The van der Waals surface area contributed by atoms with Gasteiger partial charge in [0.1, 0.15) is 11.5 Å². The third kappa shape index (κ3) is 5.17. The zero-order valence-corrected chi connectivity index (χ0v) is 19.8. The SMILES string of the molecule is CC1CCCC(C)N1CCCCCn1c(=O)c(-c2cccc(C(=N)N)n2)cc2ccccc21. The van der Waals surface area contributed by atoms with E-state index in [1.54, 1.807) is 12.1 Å². The predicted octanol–water partition coefficient (Wildman–Crippen LogP) is 4.78. The van der Waals surface area contributed by atoms with Crippen LogP contribution >= 0.6 is 0 Å². The van der Waals surface area contributed by atoms with Gasteiger partial charge in [-0.25, -0.2) is 4.98 Å². The standard InChI is InChI=1S/C27H35N5O/c1-19-10-8-11-20(2)31(19)16-6-3-7-17-32-25-15-5-4-12-21(25)18-22(27(32)33)23-13-9-14-24(30-23)26(28)29/h4-5,9,12-15,18-20H,3,6-8,10-11,16-17H2,1-2H3,(H3,28,29).